The third-order valence-corrected chi connectivity index (χ3v) is 4.35. The third-order valence-electron chi connectivity index (χ3n) is 3.03. The molecule has 0 saturated heterocycles. The Hall–Kier alpha value is -1.63. The lowest BCUT2D eigenvalue weighted by molar-refractivity contribution is -0.0605. The maximum absolute atomic E-state index is 9.46. The van der Waals surface area contributed by atoms with Gasteiger partial charge < -0.3 is 14.9 Å². The summed E-state index contributed by atoms with van der Waals surface area (Å²) in [6, 6.07) is 5.53. The Kier molecular flexibility index (Phi) is 4.82. The number of methoxy groups -OCH3 is 1. The van der Waals surface area contributed by atoms with E-state index >= 15 is 0 Å². The van der Waals surface area contributed by atoms with Gasteiger partial charge in [-0.15, -0.1) is 11.8 Å². The van der Waals surface area contributed by atoms with Crippen molar-refractivity contribution in [3.8, 4) is 17.0 Å². The van der Waals surface area contributed by atoms with Crippen LogP contribution in [0.25, 0.3) is 11.1 Å². The molecule has 2 aromatic heterocycles. The van der Waals surface area contributed by atoms with Gasteiger partial charge in [-0.3, -0.25) is 4.98 Å². The summed E-state index contributed by atoms with van der Waals surface area (Å²) >= 11 is 1.39. The highest BCUT2D eigenvalue weighted by molar-refractivity contribution is 8.00. The molecule has 0 spiro atoms. The second kappa shape index (κ2) is 6.43. The predicted molar refractivity (Wildman–Crippen MR) is 82.2 cm³/mol. The van der Waals surface area contributed by atoms with Crippen molar-refractivity contribution in [2.45, 2.75) is 29.8 Å². The Morgan fingerprint density at radius 2 is 1.95 bits per heavy atom. The van der Waals surface area contributed by atoms with E-state index in [1.54, 1.807) is 45.6 Å². The lowest BCUT2D eigenvalue weighted by atomic mass is 10.1. The standard InChI is InChI=1S/C15H18N2O3S/c1-15(2,14(18)19)21-12-6-7-16-9-11(12)10-4-5-13(20-3)17-8-10/h4-9,14,18-19H,1-3H3. The zero-order valence-corrected chi connectivity index (χ0v) is 13.0. The van der Waals surface area contributed by atoms with Gasteiger partial charge in [0, 0.05) is 40.7 Å². The number of hydrogen-bond donors (Lipinski definition) is 2. The topological polar surface area (TPSA) is 75.5 Å². The highest BCUT2D eigenvalue weighted by atomic mass is 32.2. The maximum Gasteiger partial charge on any atom is 0.212 e. The summed E-state index contributed by atoms with van der Waals surface area (Å²) in [5.41, 5.74) is 1.79. The molecule has 2 rings (SSSR count). The van der Waals surface area contributed by atoms with Gasteiger partial charge in [-0.1, -0.05) is 0 Å². The Morgan fingerprint density at radius 3 is 2.52 bits per heavy atom. The third kappa shape index (κ3) is 3.72. The van der Waals surface area contributed by atoms with Crippen molar-refractivity contribution in [1.82, 2.24) is 9.97 Å². The first-order chi connectivity index (χ1) is 9.94. The van der Waals surface area contributed by atoms with E-state index in [4.69, 9.17) is 4.74 Å². The van der Waals surface area contributed by atoms with Gasteiger partial charge in [-0.25, -0.2) is 4.98 Å². The monoisotopic (exact) mass is 306 g/mol. The molecule has 2 aromatic rings. The fourth-order valence-corrected chi connectivity index (χ4v) is 2.77. The van der Waals surface area contributed by atoms with Crippen molar-refractivity contribution in [2.24, 2.45) is 0 Å². The van der Waals surface area contributed by atoms with Crippen LogP contribution in [-0.2, 0) is 0 Å². The molecule has 0 saturated carbocycles. The summed E-state index contributed by atoms with van der Waals surface area (Å²) in [5, 5.41) is 18.9. The van der Waals surface area contributed by atoms with Crippen molar-refractivity contribution in [3.05, 3.63) is 36.8 Å². The van der Waals surface area contributed by atoms with Gasteiger partial charge in [0.25, 0.3) is 0 Å². The summed E-state index contributed by atoms with van der Waals surface area (Å²) in [7, 11) is 1.57. The van der Waals surface area contributed by atoms with E-state index in [9.17, 15) is 10.2 Å². The fraction of sp³-hybridized carbons (Fsp3) is 0.333. The van der Waals surface area contributed by atoms with Gasteiger partial charge in [0.2, 0.25) is 5.88 Å². The van der Waals surface area contributed by atoms with E-state index in [1.807, 2.05) is 12.1 Å². The molecule has 0 aliphatic carbocycles. The van der Waals surface area contributed by atoms with E-state index < -0.39 is 11.0 Å². The predicted octanol–water partition coefficient (Wildman–Crippen LogP) is 2.33. The lowest BCUT2D eigenvalue weighted by Crippen LogP contribution is -2.32. The normalized spacial score (nSPS) is 11.7. The average Bonchev–Trinajstić information content (AvgIpc) is 2.47. The van der Waals surface area contributed by atoms with Gasteiger partial charge in [0.05, 0.1) is 11.9 Å². The first-order valence-corrected chi connectivity index (χ1v) is 7.25. The molecule has 0 radical (unpaired) electrons. The van der Waals surface area contributed by atoms with E-state index in [0.717, 1.165) is 16.0 Å². The Labute approximate surface area is 128 Å². The second-order valence-corrected chi connectivity index (χ2v) is 6.74. The SMILES string of the molecule is COc1ccc(-c2cnccc2SC(C)(C)C(O)O)cn1. The van der Waals surface area contributed by atoms with E-state index in [2.05, 4.69) is 9.97 Å². The first-order valence-electron chi connectivity index (χ1n) is 6.43. The maximum atomic E-state index is 9.46. The molecule has 2 N–H and O–H groups in total. The number of hydrogen-bond acceptors (Lipinski definition) is 6. The van der Waals surface area contributed by atoms with Crippen LogP contribution in [0, 0.1) is 0 Å². The molecular formula is C15H18N2O3S. The Morgan fingerprint density at radius 1 is 1.19 bits per heavy atom. The Balaban J connectivity index is 2.36. The van der Waals surface area contributed by atoms with Gasteiger partial charge in [-0.05, 0) is 26.0 Å². The molecule has 0 aliphatic rings. The van der Waals surface area contributed by atoms with Crippen LogP contribution in [-0.4, -0.2) is 38.3 Å². The van der Waals surface area contributed by atoms with Crippen molar-refractivity contribution in [3.63, 3.8) is 0 Å². The number of nitrogens with zero attached hydrogens (tertiary/aromatic N) is 2. The minimum absolute atomic E-state index is 0.544. The van der Waals surface area contributed by atoms with Crippen LogP contribution in [0.4, 0.5) is 0 Å². The highest BCUT2D eigenvalue weighted by Crippen LogP contribution is 2.39. The van der Waals surface area contributed by atoms with Crippen LogP contribution in [0.15, 0.2) is 41.7 Å². The smallest absolute Gasteiger partial charge is 0.212 e. The van der Waals surface area contributed by atoms with Crippen LogP contribution in [0.2, 0.25) is 0 Å². The largest absolute Gasteiger partial charge is 0.481 e. The van der Waals surface area contributed by atoms with Crippen LogP contribution < -0.4 is 4.74 Å². The summed E-state index contributed by atoms with van der Waals surface area (Å²) in [4.78, 5) is 9.24. The number of ether oxygens (including phenoxy) is 1. The fourth-order valence-electron chi connectivity index (χ4n) is 1.68. The molecule has 2 heterocycles. The highest BCUT2D eigenvalue weighted by Gasteiger charge is 2.28. The molecule has 5 nitrogen and oxygen atoms in total. The molecule has 0 amide bonds. The van der Waals surface area contributed by atoms with Gasteiger partial charge in [0.15, 0.2) is 6.29 Å². The average molecular weight is 306 g/mol. The van der Waals surface area contributed by atoms with Gasteiger partial charge in [0.1, 0.15) is 0 Å². The van der Waals surface area contributed by atoms with Crippen LogP contribution in [0.3, 0.4) is 0 Å². The van der Waals surface area contributed by atoms with Crippen molar-refractivity contribution >= 4 is 11.8 Å². The number of pyridine rings is 2. The van der Waals surface area contributed by atoms with E-state index in [-0.39, 0.29) is 0 Å². The number of aliphatic hydroxyl groups is 2. The molecule has 0 aliphatic heterocycles. The summed E-state index contributed by atoms with van der Waals surface area (Å²) < 4.78 is 4.32. The molecule has 0 atom stereocenters. The molecule has 0 unspecified atom stereocenters. The van der Waals surface area contributed by atoms with E-state index in [0.29, 0.717) is 5.88 Å². The van der Waals surface area contributed by atoms with Crippen molar-refractivity contribution < 1.29 is 14.9 Å². The minimum Gasteiger partial charge on any atom is -0.481 e. The molecule has 0 aromatic carbocycles. The molecule has 6 heteroatoms. The van der Waals surface area contributed by atoms with Crippen molar-refractivity contribution in [2.75, 3.05) is 7.11 Å². The zero-order valence-electron chi connectivity index (χ0n) is 12.1. The van der Waals surface area contributed by atoms with Gasteiger partial charge >= 0.3 is 0 Å². The molecular weight excluding hydrogens is 288 g/mol. The van der Waals surface area contributed by atoms with Gasteiger partial charge in [-0.2, -0.15) is 0 Å². The first kappa shape index (κ1) is 15.8. The van der Waals surface area contributed by atoms with Crippen molar-refractivity contribution in [1.29, 1.82) is 0 Å². The molecule has 0 bridgehead atoms. The second-order valence-electron chi connectivity index (χ2n) is 5.04. The molecule has 112 valence electrons. The summed E-state index contributed by atoms with van der Waals surface area (Å²) in [6.45, 7) is 3.55. The Bertz CT molecular complexity index is 600. The number of aromatic nitrogens is 2. The summed E-state index contributed by atoms with van der Waals surface area (Å²) in [5.74, 6) is 0.544. The van der Waals surface area contributed by atoms with Crippen LogP contribution >= 0.6 is 11.8 Å². The lowest BCUT2D eigenvalue weighted by Gasteiger charge is -2.26. The number of thioether (sulfide) groups is 1. The molecule has 0 fully saturated rings. The van der Waals surface area contributed by atoms with Crippen LogP contribution in [0.1, 0.15) is 13.8 Å². The molecule has 21 heavy (non-hydrogen) atoms. The quantitative estimate of drug-likeness (QED) is 0.652. The summed E-state index contributed by atoms with van der Waals surface area (Å²) in [6.07, 6.45) is 3.72. The van der Waals surface area contributed by atoms with Crippen LogP contribution in [0.5, 0.6) is 5.88 Å². The van der Waals surface area contributed by atoms with E-state index in [1.165, 1.54) is 11.8 Å². The zero-order chi connectivity index (χ0) is 15.5. The minimum atomic E-state index is -1.42. The number of aliphatic hydroxyl groups excluding tert-OH is 1. The number of rotatable bonds is 5.